The highest BCUT2D eigenvalue weighted by molar-refractivity contribution is 6.35. The molecule has 2 aromatic heterocycles. The van der Waals surface area contributed by atoms with Gasteiger partial charge in [0.25, 0.3) is 11.8 Å². The van der Waals surface area contributed by atoms with Gasteiger partial charge in [-0.15, -0.1) is 0 Å². The van der Waals surface area contributed by atoms with Crippen molar-refractivity contribution in [2.24, 2.45) is 0 Å². The van der Waals surface area contributed by atoms with E-state index in [1.165, 1.54) is 18.2 Å². The predicted octanol–water partition coefficient (Wildman–Crippen LogP) is 4.54. The first kappa shape index (κ1) is 23.9. The Morgan fingerprint density at radius 1 is 0.919 bits per heavy atom. The monoisotopic (exact) mass is 497 g/mol. The second kappa shape index (κ2) is 9.02. The Labute approximate surface area is 212 Å². The average Bonchev–Trinajstić information content (AvgIpc) is 3.51. The highest BCUT2D eigenvalue weighted by Gasteiger charge is 2.37. The number of esters is 1. The average molecular weight is 498 g/mol. The Bertz CT molecular complexity index is 1610. The number of fused-ring (bicyclic) bond motifs is 1. The van der Waals surface area contributed by atoms with E-state index in [0.717, 1.165) is 16.2 Å². The summed E-state index contributed by atoms with van der Waals surface area (Å²) in [4.78, 5) is 52.7. The molecule has 0 atom stereocenters. The van der Waals surface area contributed by atoms with Crippen LogP contribution in [-0.4, -0.2) is 39.9 Å². The fourth-order valence-corrected chi connectivity index (χ4v) is 4.55. The maximum atomic E-state index is 13.1. The van der Waals surface area contributed by atoms with Crippen LogP contribution < -0.4 is 4.90 Å². The van der Waals surface area contributed by atoms with Crippen molar-refractivity contribution in [2.45, 2.75) is 27.7 Å². The molecule has 0 unspecified atom stereocenters. The van der Waals surface area contributed by atoms with Crippen molar-refractivity contribution < 1.29 is 28.4 Å². The van der Waals surface area contributed by atoms with Crippen molar-refractivity contribution in [3.63, 3.8) is 0 Å². The van der Waals surface area contributed by atoms with Gasteiger partial charge in [-0.1, -0.05) is 23.4 Å². The zero-order chi connectivity index (χ0) is 26.4. The summed E-state index contributed by atoms with van der Waals surface area (Å²) in [6.07, 6.45) is 0. The summed E-state index contributed by atoms with van der Waals surface area (Å²) in [5.41, 5.74) is 3.47. The topological polar surface area (TPSA) is 112 Å². The first-order chi connectivity index (χ1) is 17.7. The molecule has 186 valence electrons. The molecule has 1 aliphatic rings. The van der Waals surface area contributed by atoms with Crippen LogP contribution in [0.5, 0.6) is 0 Å². The molecule has 2 aromatic carbocycles. The first-order valence-electron chi connectivity index (χ1n) is 11.6. The Morgan fingerprint density at radius 3 is 2.35 bits per heavy atom. The van der Waals surface area contributed by atoms with E-state index in [9.17, 15) is 19.2 Å². The molecular formula is C28H23N3O6. The van der Waals surface area contributed by atoms with Gasteiger partial charge in [-0.2, -0.15) is 0 Å². The van der Waals surface area contributed by atoms with E-state index in [1.807, 2.05) is 26.0 Å². The number of hydrogen-bond acceptors (Lipinski definition) is 7. The fraction of sp³-hybridized carbons (Fsp3) is 0.179. The molecule has 0 spiro atoms. The molecule has 37 heavy (non-hydrogen) atoms. The van der Waals surface area contributed by atoms with E-state index in [-0.39, 0.29) is 22.5 Å². The van der Waals surface area contributed by atoms with Crippen molar-refractivity contribution in [3.05, 3.63) is 99.6 Å². The minimum absolute atomic E-state index is 0.0721. The van der Waals surface area contributed by atoms with Crippen molar-refractivity contribution in [2.75, 3.05) is 11.5 Å². The van der Waals surface area contributed by atoms with Crippen LogP contribution in [0.4, 0.5) is 5.69 Å². The molecule has 5 rings (SSSR count). The van der Waals surface area contributed by atoms with Gasteiger partial charge in [0.05, 0.1) is 22.4 Å². The molecular weight excluding hydrogens is 474 g/mol. The van der Waals surface area contributed by atoms with E-state index in [2.05, 4.69) is 5.16 Å². The minimum Gasteiger partial charge on any atom is -0.454 e. The van der Waals surface area contributed by atoms with Crippen LogP contribution in [0.2, 0.25) is 0 Å². The molecule has 0 aliphatic carbocycles. The number of amides is 2. The standard InChI is InChI=1S/C28H23N3O6/c1-15-7-5-6-8-23(15)31-26(33)20-10-9-19(13-22(20)27(31)34)28(35)36-14-24(32)21-11-16(2)30(18(21)4)25-12-17(3)37-29-25/h5-13H,14H2,1-4H3. The van der Waals surface area contributed by atoms with Gasteiger partial charge in [0, 0.05) is 23.0 Å². The van der Waals surface area contributed by atoms with Crippen molar-refractivity contribution in [3.8, 4) is 5.82 Å². The summed E-state index contributed by atoms with van der Waals surface area (Å²) < 4.78 is 12.2. The zero-order valence-electron chi connectivity index (χ0n) is 20.7. The van der Waals surface area contributed by atoms with Crippen molar-refractivity contribution in [1.29, 1.82) is 0 Å². The maximum absolute atomic E-state index is 13.1. The van der Waals surface area contributed by atoms with Crippen LogP contribution in [0.1, 0.15) is 64.1 Å². The number of hydrogen-bond donors (Lipinski definition) is 0. The minimum atomic E-state index is -0.772. The molecule has 2 amide bonds. The molecule has 0 bridgehead atoms. The van der Waals surface area contributed by atoms with Crippen LogP contribution >= 0.6 is 0 Å². The van der Waals surface area contributed by atoms with Crippen molar-refractivity contribution >= 4 is 29.3 Å². The SMILES string of the molecule is Cc1cc(-n2c(C)cc(C(=O)COC(=O)c3ccc4c(c3)C(=O)N(c3ccccc3C)C4=O)c2C)no1. The third-order valence-electron chi connectivity index (χ3n) is 6.39. The number of ketones is 1. The first-order valence-corrected chi connectivity index (χ1v) is 11.6. The lowest BCUT2D eigenvalue weighted by Crippen LogP contribution is -2.29. The number of para-hydroxylation sites is 1. The van der Waals surface area contributed by atoms with E-state index in [1.54, 1.807) is 42.7 Å². The van der Waals surface area contributed by atoms with Gasteiger partial charge in [0.15, 0.2) is 12.4 Å². The number of carbonyl (C=O) groups excluding carboxylic acids is 4. The summed E-state index contributed by atoms with van der Waals surface area (Å²) in [6.45, 7) is 6.71. The lowest BCUT2D eigenvalue weighted by Gasteiger charge is -2.16. The third-order valence-corrected chi connectivity index (χ3v) is 6.39. The molecule has 9 heteroatoms. The Hall–Kier alpha value is -4.79. The highest BCUT2D eigenvalue weighted by atomic mass is 16.5. The van der Waals surface area contributed by atoms with E-state index in [4.69, 9.17) is 9.26 Å². The second-order valence-electron chi connectivity index (χ2n) is 8.91. The van der Waals surface area contributed by atoms with Gasteiger partial charge in [-0.3, -0.25) is 19.0 Å². The third kappa shape index (κ3) is 4.04. The maximum Gasteiger partial charge on any atom is 0.338 e. The lowest BCUT2D eigenvalue weighted by molar-refractivity contribution is 0.0474. The molecule has 9 nitrogen and oxygen atoms in total. The van der Waals surface area contributed by atoms with Gasteiger partial charge in [-0.25, -0.2) is 9.69 Å². The van der Waals surface area contributed by atoms with Crippen LogP contribution in [0.15, 0.2) is 59.1 Å². The lowest BCUT2D eigenvalue weighted by atomic mass is 10.1. The van der Waals surface area contributed by atoms with Crippen LogP contribution in [-0.2, 0) is 4.74 Å². The number of carbonyl (C=O) groups is 4. The summed E-state index contributed by atoms with van der Waals surface area (Å²) in [5.74, 6) is -0.933. The van der Waals surface area contributed by atoms with Gasteiger partial charge >= 0.3 is 5.97 Å². The summed E-state index contributed by atoms with van der Waals surface area (Å²) >= 11 is 0. The van der Waals surface area contributed by atoms with Gasteiger partial charge in [0.1, 0.15) is 5.76 Å². The van der Waals surface area contributed by atoms with E-state index < -0.39 is 24.4 Å². The van der Waals surface area contributed by atoms with Gasteiger partial charge in [-0.05, 0) is 63.6 Å². The Kier molecular flexibility index (Phi) is 5.83. The molecule has 1 aliphatic heterocycles. The normalized spacial score (nSPS) is 12.7. The number of imide groups is 1. The van der Waals surface area contributed by atoms with Crippen LogP contribution in [0.3, 0.4) is 0 Å². The van der Waals surface area contributed by atoms with E-state index in [0.29, 0.717) is 28.5 Å². The Balaban J connectivity index is 1.32. The number of Topliss-reactive ketones (excluding diaryl/α,β-unsaturated/α-hetero) is 1. The zero-order valence-corrected chi connectivity index (χ0v) is 20.7. The molecule has 0 saturated carbocycles. The summed E-state index contributed by atoms with van der Waals surface area (Å²) in [7, 11) is 0. The van der Waals surface area contributed by atoms with Crippen LogP contribution in [0.25, 0.3) is 5.82 Å². The highest BCUT2D eigenvalue weighted by Crippen LogP contribution is 2.31. The van der Waals surface area contributed by atoms with Gasteiger partial charge in [0.2, 0.25) is 5.78 Å². The van der Waals surface area contributed by atoms with Crippen molar-refractivity contribution in [1.82, 2.24) is 9.72 Å². The molecule has 0 N–H and O–H groups in total. The smallest absolute Gasteiger partial charge is 0.338 e. The number of benzene rings is 2. The second-order valence-corrected chi connectivity index (χ2v) is 8.91. The fourth-order valence-electron chi connectivity index (χ4n) is 4.55. The quantitative estimate of drug-likeness (QED) is 0.218. The Morgan fingerprint density at radius 2 is 1.65 bits per heavy atom. The number of anilines is 1. The van der Waals surface area contributed by atoms with E-state index >= 15 is 0 Å². The molecule has 3 heterocycles. The predicted molar refractivity (Wildman–Crippen MR) is 133 cm³/mol. The molecule has 0 radical (unpaired) electrons. The number of ether oxygens (including phenoxy) is 1. The largest absolute Gasteiger partial charge is 0.454 e. The number of rotatable bonds is 6. The van der Waals surface area contributed by atoms with Crippen LogP contribution in [0, 0.1) is 27.7 Å². The van der Waals surface area contributed by atoms with Gasteiger partial charge < -0.3 is 9.26 Å². The molecule has 0 saturated heterocycles. The molecule has 0 fully saturated rings. The summed E-state index contributed by atoms with van der Waals surface area (Å²) in [5, 5.41) is 4.00. The number of nitrogens with zero attached hydrogens (tertiary/aromatic N) is 3. The molecule has 4 aromatic rings. The summed E-state index contributed by atoms with van der Waals surface area (Å²) in [6, 6.07) is 14.7. The number of aromatic nitrogens is 2. The number of aryl methyl sites for hydroxylation is 3.